The van der Waals surface area contributed by atoms with Crippen molar-refractivity contribution in [3.05, 3.63) is 52.9 Å². The van der Waals surface area contributed by atoms with Gasteiger partial charge < -0.3 is 5.32 Å². The molecule has 144 valence electrons. The van der Waals surface area contributed by atoms with Crippen LogP contribution < -0.4 is 5.32 Å². The molecular formula is C20H21N5O2S. The van der Waals surface area contributed by atoms with E-state index < -0.39 is 0 Å². The molecule has 7 nitrogen and oxygen atoms in total. The predicted molar refractivity (Wildman–Crippen MR) is 106 cm³/mol. The Balaban J connectivity index is 1.33. The largest absolute Gasteiger partial charge is 0.349 e. The van der Waals surface area contributed by atoms with Crippen molar-refractivity contribution < 1.29 is 9.59 Å². The second-order valence-corrected chi connectivity index (χ2v) is 7.95. The summed E-state index contributed by atoms with van der Waals surface area (Å²) in [6.07, 6.45) is 12.6. The number of Topliss-reactive ketones (excluding diaryl/α,β-unsaturated/α-hetero) is 1. The summed E-state index contributed by atoms with van der Waals surface area (Å²) in [5.74, 6) is -0.110. The monoisotopic (exact) mass is 395 g/mol. The van der Waals surface area contributed by atoms with E-state index in [1.165, 1.54) is 18.3 Å². The highest BCUT2D eigenvalue weighted by atomic mass is 32.1. The fourth-order valence-corrected chi connectivity index (χ4v) is 4.30. The molecule has 0 aromatic carbocycles. The molecule has 28 heavy (non-hydrogen) atoms. The summed E-state index contributed by atoms with van der Waals surface area (Å²) in [4.78, 5) is 32.8. The van der Waals surface area contributed by atoms with E-state index >= 15 is 0 Å². The number of hydrogen-bond acceptors (Lipinski definition) is 6. The SMILES string of the molecule is CC(=O)c1cc(C(=O)NC2CCC(n3cc(-c4cnccn4)cn3)CC2)cs1. The van der Waals surface area contributed by atoms with Gasteiger partial charge in [0.15, 0.2) is 5.78 Å². The quantitative estimate of drug-likeness (QED) is 0.668. The van der Waals surface area contributed by atoms with Crippen molar-refractivity contribution in [1.29, 1.82) is 0 Å². The Morgan fingerprint density at radius 3 is 2.68 bits per heavy atom. The number of hydrogen-bond donors (Lipinski definition) is 1. The van der Waals surface area contributed by atoms with Crippen LogP contribution in [0.25, 0.3) is 11.3 Å². The minimum absolute atomic E-state index is 0.00960. The van der Waals surface area contributed by atoms with Gasteiger partial charge in [-0.1, -0.05) is 0 Å². The molecule has 3 heterocycles. The Bertz CT molecular complexity index is 973. The minimum Gasteiger partial charge on any atom is -0.349 e. The van der Waals surface area contributed by atoms with Crippen molar-refractivity contribution in [1.82, 2.24) is 25.1 Å². The number of thiophene rings is 1. The van der Waals surface area contributed by atoms with E-state index in [0.29, 0.717) is 16.5 Å². The van der Waals surface area contributed by atoms with E-state index in [4.69, 9.17) is 0 Å². The van der Waals surface area contributed by atoms with Gasteiger partial charge in [-0.05, 0) is 38.7 Å². The number of amides is 1. The fraction of sp³-hybridized carbons (Fsp3) is 0.350. The molecule has 0 unspecified atom stereocenters. The van der Waals surface area contributed by atoms with Crippen molar-refractivity contribution in [3.63, 3.8) is 0 Å². The Kier molecular flexibility index (Phi) is 5.29. The van der Waals surface area contributed by atoms with E-state index in [9.17, 15) is 9.59 Å². The molecule has 1 amide bonds. The lowest BCUT2D eigenvalue weighted by Crippen LogP contribution is -2.37. The van der Waals surface area contributed by atoms with Crippen molar-refractivity contribution in [2.75, 3.05) is 0 Å². The Labute approximate surface area is 166 Å². The highest BCUT2D eigenvalue weighted by molar-refractivity contribution is 7.12. The topological polar surface area (TPSA) is 89.8 Å². The third-order valence-corrected chi connectivity index (χ3v) is 6.11. The summed E-state index contributed by atoms with van der Waals surface area (Å²) >= 11 is 1.31. The summed E-state index contributed by atoms with van der Waals surface area (Å²) in [5.41, 5.74) is 2.34. The summed E-state index contributed by atoms with van der Waals surface area (Å²) in [6.45, 7) is 1.51. The lowest BCUT2D eigenvalue weighted by atomic mass is 9.91. The van der Waals surface area contributed by atoms with E-state index in [2.05, 4.69) is 20.4 Å². The van der Waals surface area contributed by atoms with Crippen LogP contribution in [-0.2, 0) is 0 Å². The van der Waals surface area contributed by atoms with E-state index in [1.54, 1.807) is 30.0 Å². The zero-order valence-electron chi connectivity index (χ0n) is 15.5. The maximum atomic E-state index is 12.4. The third-order valence-electron chi connectivity index (χ3n) is 5.08. The van der Waals surface area contributed by atoms with E-state index in [1.807, 2.05) is 17.1 Å². The van der Waals surface area contributed by atoms with Crippen molar-refractivity contribution >= 4 is 23.0 Å². The minimum atomic E-state index is -0.101. The second kappa shape index (κ2) is 8.02. The van der Waals surface area contributed by atoms with Gasteiger partial charge in [-0.2, -0.15) is 5.10 Å². The molecule has 1 fully saturated rings. The molecule has 1 saturated carbocycles. The van der Waals surface area contributed by atoms with Crippen LogP contribution >= 0.6 is 11.3 Å². The third kappa shape index (κ3) is 4.01. The molecule has 1 N–H and O–H groups in total. The molecule has 0 bridgehead atoms. The van der Waals surface area contributed by atoms with Crippen molar-refractivity contribution in [2.24, 2.45) is 0 Å². The predicted octanol–water partition coefficient (Wildman–Crippen LogP) is 3.52. The summed E-state index contributed by atoms with van der Waals surface area (Å²) in [5, 5.41) is 9.34. The molecule has 3 aromatic heterocycles. The van der Waals surface area contributed by atoms with Crippen molar-refractivity contribution in [2.45, 2.75) is 44.7 Å². The summed E-state index contributed by atoms with van der Waals surface area (Å²) < 4.78 is 2.00. The molecule has 1 aliphatic carbocycles. The molecule has 3 aromatic rings. The molecule has 0 atom stereocenters. The average molecular weight is 395 g/mol. The van der Waals surface area contributed by atoms with Crippen LogP contribution in [-0.4, -0.2) is 37.5 Å². The van der Waals surface area contributed by atoms with Gasteiger partial charge in [-0.25, -0.2) is 0 Å². The van der Waals surface area contributed by atoms with Gasteiger partial charge in [0.25, 0.3) is 5.91 Å². The maximum absolute atomic E-state index is 12.4. The average Bonchev–Trinajstić information content (AvgIpc) is 3.39. The molecule has 1 aliphatic rings. The van der Waals surface area contributed by atoms with E-state index in [0.717, 1.165) is 36.9 Å². The molecule has 8 heteroatoms. The zero-order chi connectivity index (χ0) is 19.5. The number of aromatic nitrogens is 4. The molecule has 0 saturated heterocycles. The van der Waals surface area contributed by atoms with Gasteiger partial charge in [0.2, 0.25) is 0 Å². The van der Waals surface area contributed by atoms with Gasteiger partial charge in [0.05, 0.1) is 34.6 Å². The zero-order valence-corrected chi connectivity index (χ0v) is 16.4. The highest BCUT2D eigenvalue weighted by Gasteiger charge is 2.25. The first-order chi connectivity index (χ1) is 13.6. The first-order valence-electron chi connectivity index (χ1n) is 9.31. The van der Waals surface area contributed by atoms with Gasteiger partial charge in [0, 0.05) is 35.6 Å². The summed E-state index contributed by atoms with van der Waals surface area (Å²) in [6, 6.07) is 2.15. The lowest BCUT2D eigenvalue weighted by Gasteiger charge is -2.29. The first kappa shape index (κ1) is 18.5. The molecule has 0 radical (unpaired) electrons. The van der Waals surface area contributed by atoms with Crippen LogP contribution in [0.2, 0.25) is 0 Å². The fourth-order valence-electron chi connectivity index (χ4n) is 3.51. The molecule has 0 spiro atoms. The second-order valence-electron chi connectivity index (χ2n) is 7.03. The maximum Gasteiger partial charge on any atom is 0.252 e. The van der Waals surface area contributed by atoms with Crippen LogP contribution in [0.4, 0.5) is 0 Å². The number of ketones is 1. The molecule has 0 aliphatic heterocycles. The highest BCUT2D eigenvalue weighted by Crippen LogP contribution is 2.29. The van der Waals surface area contributed by atoms with Gasteiger partial charge in [0.1, 0.15) is 0 Å². The smallest absolute Gasteiger partial charge is 0.252 e. The Hall–Kier alpha value is -2.87. The number of carbonyl (C=O) groups is 2. The van der Waals surface area contributed by atoms with Gasteiger partial charge in [-0.15, -0.1) is 11.3 Å². The molecular weight excluding hydrogens is 374 g/mol. The van der Waals surface area contributed by atoms with Crippen LogP contribution in [0.15, 0.2) is 42.4 Å². The van der Waals surface area contributed by atoms with E-state index in [-0.39, 0.29) is 17.7 Å². The van der Waals surface area contributed by atoms with Crippen molar-refractivity contribution in [3.8, 4) is 11.3 Å². The van der Waals surface area contributed by atoms with Crippen LogP contribution in [0.3, 0.4) is 0 Å². The number of nitrogens with one attached hydrogen (secondary N) is 1. The standard InChI is InChI=1S/C20H21N5O2S/c1-13(26)19-8-14(12-28-19)20(27)24-16-2-4-17(5-3-16)25-11-15(9-23-25)18-10-21-6-7-22-18/h6-12,16-17H,2-5H2,1H3,(H,24,27). The van der Waals surface area contributed by atoms with Gasteiger partial charge >= 0.3 is 0 Å². The number of carbonyl (C=O) groups excluding carboxylic acids is 2. The first-order valence-corrected chi connectivity index (χ1v) is 10.2. The Morgan fingerprint density at radius 2 is 2.00 bits per heavy atom. The number of rotatable bonds is 5. The molecule has 4 rings (SSSR count). The number of nitrogens with zero attached hydrogens (tertiary/aromatic N) is 4. The van der Waals surface area contributed by atoms with Crippen LogP contribution in [0.5, 0.6) is 0 Å². The van der Waals surface area contributed by atoms with Crippen LogP contribution in [0.1, 0.15) is 58.7 Å². The van der Waals surface area contributed by atoms with Gasteiger partial charge in [-0.3, -0.25) is 24.2 Å². The Morgan fingerprint density at radius 1 is 1.18 bits per heavy atom. The lowest BCUT2D eigenvalue weighted by molar-refractivity contribution is 0.0922. The van der Waals surface area contributed by atoms with Crippen LogP contribution in [0, 0.1) is 0 Å². The normalized spacial score (nSPS) is 19.3. The summed E-state index contributed by atoms with van der Waals surface area (Å²) in [7, 11) is 0.